The van der Waals surface area contributed by atoms with Crippen molar-refractivity contribution in [1.82, 2.24) is 9.97 Å². The van der Waals surface area contributed by atoms with Crippen LogP contribution in [0, 0.1) is 11.3 Å². The van der Waals surface area contributed by atoms with Crippen molar-refractivity contribution in [3.63, 3.8) is 0 Å². The topological polar surface area (TPSA) is 143 Å². The molecule has 12 heteroatoms. The van der Waals surface area contributed by atoms with E-state index in [4.69, 9.17) is 14.5 Å². The van der Waals surface area contributed by atoms with E-state index in [2.05, 4.69) is 21.1 Å². The summed E-state index contributed by atoms with van der Waals surface area (Å²) in [6, 6.07) is 29.6. The van der Waals surface area contributed by atoms with Crippen molar-refractivity contribution in [2.45, 2.75) is 9.92 Å². The number of anilines is 2. The summed E-state index contributed by atoms with van der Waals surface area (Å²) in [6.45, 7) is 0. The molecule has 3 aromatic carbocycles. The number of carbonyl (C=O) groups excluding carboxylic acids is 1. The lowest BCUT2D eigenvalue weighted by atomic mass is 9.98. The highest BCUT2D eigenvalue weighted by Gasteiger charge is 2.20. The molecule has 2 heterocycles. The van der Waals surface area contributed by atoms with Crippen LogP contribution in [0.5, 0.6) is 11.5 Å². The molecule has 45 heavy (non-hydrogen) atoms. The van der Waals surface area contributed by atoms with Gasteiger partial charge in [-0.25, -0.2) is 18.4 Å². The van der Waals surface area contributed by atoms with E-state index in [0.717, 1.165) is 17.3 Å². The normalized spacial score (nSPS) is 10.9. The fourth-order valence-corrected chi connectivity index (χ4v) is 6.21. The maximum absolute atomic E-state index is 13.0. The van der Waals surface area contributed by atoms with Crippen LogP contribution >= 0.6 is 11.8 Å². The predicted molar refractivity (Wildman–Crippen MR) is 174 cm³/mol. The van der Waals surface area contributed by atoms with Crippen molar-refractivity contribution in [1.29, 1.82) is 5.26 Å². The van der Waals surface area contributed by atoms with E-state index >= 15 is 0 Å². The molecule has 5 rings (SSSR count). The molecule has 2 N–H and O–H groups in total. The third kappa shape index (κ3) is 7.41. The molecule has 226 valence electrons. The number of carbonyl (C=O) groups is 1. The zero-order valence-corrected chi connectivity index (χ0v) is 25.9. The molecular formula is C33H27N5O5S2. The lowest BCUT2D eigenvalue weighted by molar-refractivity contribution is -0.113. The number of ether oxygens (including phenoxy) is 2. The number of amides is 1. The van der Waals surface area contributed by atoms with Gasteiger partial charge in [-0.2, -0.15) is 5.26 Å². The van der Waals surface area contributed by atoms with Gasteiger partial charge in [-0.15, -0.1) is 0 Å². The number of sulfonamides is 1. The van der Waals surface area contributed by atoms with Crippen molar-refractivity contribution in [2.75, 3.05) is 30.0 Å². The molecule has 10 nitrogen and oxygen atoms in total. The van der Waals surface area contributed by atoms with Gasteiger partial charge >= 0.3 is 0 Å². The van der Waals surface area contributed by atoms with Crippen LogP contribution in [-0.2, 0) is 14.8 Å². The monoisotopic (exact) mass is 637 g/mol. The third-order valence-electron chi connectivity index (χ3n) is 6.56. The summed E-state index contributed by atoms with van der Waals surface area (Å²) in [7, 11) is -0.750. The number of nitrogens with zero attached hydrogens (tertiary/aromatic N) is 3. The first-order chi connectivity index (χ1) is 21.8. The van der Waals surface area contributed by atoms with Crippen molar-refractivity contribution < 1.29 is 22.7 Å². The zero-order chi connectivity index (χ0) is 31.8. The van der Waals surface area contributed by atoms with Crippen molar-refractivity contribution in [2.24, 2.45) is 0 Å². The predicted octanol–water partition coefficient (Wildman–Crippen LogP) is 6.23. The second-order valence-electron chi connectivity index (χ2n) is 9.46. The smallest absolute Gasteiger partial charge is 0.263 e. The fraction of sp³-hybridized carbons (Fsp3) is 0.0909. The molecule has 0 aliphatic rings. The number of pyridine rings is 2. The van der Waals surface area contributed by atoms with E-state index in [1.165, 1.54) is 30.5 Å². The van der Waals surface area contributed by atoms with Crippen LogP contribution < -0.4 is 19.5 Å². The zero-order valence-electron chi connectivity index (χ0n) is 24.2. The molecule has 1 amide bonds. The summed E-state index contributed by atoms with van der Waals surface area (Å²) in [4.78, 5) is 21.7. The highest BCUT2D eigenvalue weighted by molar-refractivity contribution is 8.00. The van der Waals surface area contributed by atoms with Crippen LogP contribution in [0.25, 0.3) is 22.4 Å². The molecule has 0 aliphatic carbocycles. The highest BCUT2D eigenvalue weighted by atomic mass is 32.2. The Balaban J connectivity index is 1.39. The van der Waals surface area contributed by atoms with Crippen molar-refractivity contribution in [3.8, 4) is 40.0 Å². The van der Waals surface area contributed by atoms with E-state index in [9.17, 15) is 18.5 Å². The first-order valence-corrected chi connectivity index (χ1v) is 16.0. The Kier molecular flexibility index (Phi) is 9.62. The maximum Gasteiger partial charge on any atom is 0.263 e. The van der Waals surface area contributed by atoms with Crippen LogP contribution in [-0.4, -0.2) is 44.3 Å². The van der Waals surface area contributed by atoms with Gasteiger partial charge in [-0.05, 0) is 60.7 Å². The maximum atomic E-state index is 13.0. The lowest BCUT2D eigenvalue weighted by Crippen LogP contribution is -2.16. The van der Waals surface area contributed by atoms with Gasteiger partial charge in [-0.3, -0.25) is 9.52 Å². The third-order valence-corrected chi connectivity index (χ3v) is 8.90. The van der Waals surface area contributed by atoms with Crippen LogP contribution in [0.1, 0.15) is 5.56 Å². The summed E-state index contributed by atoms with van der Waals surface area (Å²) in [5, 5.41) is 13.4. The molecule has 0 bridgehead atoms. The second-order valence-corrected chi connectivity index (χ2v) is 12.1. The Morgan fingerprint density at radius 1 is 0.911 bits per heavy atom. The molecule has 2 aromatic heterocycles. The summed E-state index contributed by atoms with van der Waals surface area (Å²) in [6.07, 6.45) is 1.48. The van der Waals surface area contributed by atoms with E-state index in [0.29, 0.717) is 39.0 Å². The molecule has 0 saturated carbocycles. The highest BCUT2D eigenvalue weighted by Crippen LogP contribution is 2.40. The van der Waals surface area contributed by atoms with E-state index in [-0.39, 0.29) is 27.9 Å². The molecule has 0 saturated heterocycles. The number of thioether (sulfide) groups is 1. The standard InChI is InChI=1S/C33H27N5O5S2/c1-42-24-13-16-30(43-2)27(18-24)26-19-29(22-8-4-3-5-9-22)37-33(28(26)20-34)44-21-32(39)36-23-11-14-25(15-12-23)45(40,41)38-31-10-6-7-17-35-31/h3-19H,21H2,1-2H3,(H,35,38)(H,36,39). The number of nitrogens with one attached hydrogen (secondary N) is 2. The van der Waals surface area contributed by atoms with Gasteiger partial charge in [-0.1, -0.05) is 48.2 Å². The Morgan fingerprint density at radius 2 is 1.67 bits per heavy atom. The molecule has 5 aromatic rings. The minimum absolute atomic E-state index is 0.0154. The summed E-state index contributed by atoms with van der Waals surface area (Å²) < 4.78 is 38.9. The van der Waals surface area contributed by atoms with Crippen LogP contribution in [0.15, 0.2) is 113 Å². The van der Waals surface area contributed by atoms with Gasteiger partial charge in [0.1, 0.15) is 28.4 Å². The number of nitriles is 1. The summed E-state index contributed by atoms with van der Waals surface area (Å²) >= 11 is 1.12. The SMILES string of the molecule is COc1ccc(OC)c(-c2cc(-c3ccccc3)nc(SCC(=O)Nc3ccc(S(=O)(=O)Nc4ccccn4)cc3)c2C#N)c1. The van der Waals surface area contributed by atoms with E-state index in [1.807, 2.05) is 36.4 Å². The molecule has 0 unspecified atom stereocenters. The van der Waals surface area contributed by atoms with Crippen LogP contribution in [0.3, 0.4) is 0 Å². The van der Waals surface area contributed by atoms with Crippen LogP contribution in [0.4, 0.5) is 11.5 Å². The molecule has 0 aliphatic heterocycles. The van der Waals surface area contributed by atoms with Gasteiger partial charge < -0.3 is 14.8 Å². The van der Waals surface area contributed by atoms with Gasteiger partial charge in [0.25, 0.3) is 10.0 Å². The van der Waals surface area contributed by atoms with Crippen molar-refractivity contribution in [3.05, 3.63) is 109 Å². The number of benzene rings is 3. The number of hydrogen-bond acceptors (Lipinski definition) is 9. The van der Waals surface area contributed by atoms with Gasteiger partial charge in [0.15, 0.2) is 0 Å². The van der Waals surface area contributed by atoms with Gasteiger partial charge in [0, 0.05) is 28.6 Å². The molecule has 0 atom stereocenters. The first-order valence-electron chi connectivity index (χ1n) is 13.5. The fourth-order valence-electron chi connectivity index (χ4n) is 4.40. The Bertz CT molecular complexity index is 1970. The number of hydrogen-bond donors (Lipinski definition) is 2. The average Bonchev–Trinajstić information content (AvgIpc) is 3.07. The number of aromatic nitrogens is 2. The van der Waals surface area contributed by atoms with Crippen molar-refractivity contribution >= 4 is 39.2 Å². The first kappa shape index (κ1) is 31.1. The van der Waals surface area contributed by atoms with Gasteiger partial charge in [0.2, 0.25) is 5.91 Å². The molecule has 0 spiro atoms. The summed E-state index contributed by atoms with van der Waals surface area (Å²) in [5.74, 6) is 0.912. The lowest BCUT2D eigenvalue weighted by Gasteiger charge is -2.15. The second kappa shape index (κ2) is 13.9. The molecular weight excluding hydrogens is 611 g/mol. The number of methoxy groups -OCH3 is 2. The number of rotatable bonds is 11. The van der Waals surface area contributed by atoms with Crippen LogP contribution in [0.2, 0.25) is 0 Å². The average molecular weight is 638 g/mol. The summed E-state index contributed by atoms with van der Waals surface area (Å²) in [5.41, 5.74) is 3.38. The molecule has 0 radical (unpaired) electrons. The molecule has 0 fully saturated rings. The Hall–Kier alpha value is -5.38. The Labute approximate surface area is 265 Å². The van der Waals surface area contributed by atoms with E-state index < -0.39 is 10.0 Å². The minimum atomic E-state index is -3.86. The quantitative estimate of drug-likeness (QED) is 0.161. The van der Waals surface area contributed by atoms with E-state index in [1.54, 1.807) is 50.6 Å². The largest absolute Gasteiger partial charge is 0.497 e. The Morgan fingerprint density at radius 3 is 2.33 bits per heavy atom. The minimum Gasteiger partial charge on any atom is -0.497 e. The van der Waals surface area contributed by atoms with Gasteiger partial charge in [0.05, 0.1) is 36.1 Å².